The maximum atomic E-state index is 13.2. The summed E-state index contributed by atoms with van der Waals surface area (Å²) in [6.07, 6.45) is 1.81. The number of nitrogens with zero attached hydrogens (tertiary/aromatic N) is 4. The third kappa shape index (κ3) is 2.58. The van der Waals surface area contributed by atoms with Gasteiger partial charge in [0.2, 0.25) is 0 Å². The first-order valence-corrected chi connectivity index (χ1v) is 5.77. The van der Waals surface area contributed by atoms with Crippen LogP contribution in [0.15, 0.2) is 6.20 Å². The summed E-state index contributed by atoms with van der Waals surface area (Å²) >= 11 is 0. The van der Waals surface area contributed by atoms with Gasteiger partial charge in [-0.2, -0.15) is 15.0 Å². The van der Waals surface area contributed by atoms with Crippen LogP contribution in [0.4, 0.5) is 4.39 Å². The van der Waals surface area contributed by atoms with Crippen LogP contribution in [-0.2, 0) is 6.54 Å². The van der Waals surface area contributed by atoms with Crippen LogP contribution < -0.4 is 0 Å². The number of halogens is 1. The molecule has 0 spiro atoms. The molecule has 0 unspecified atom stereocenters. The molecule has 0 radical (unpaired) electrons. The molecule has 0 aromatic carbocycles. The van der Waals surface area contributed by atoms with Crippen molar-refractivity contribution in [3.8, 4) is 0 Å². The molecule has 1 saturated heterocycles. The van der Waals surface area contributed by atoms with E-state index in [4.69, 9.17) is 0 Å². The van der Waals surface area contributed by atoms with Gasteiger partial charge in [-0.1, -0.05) is 13.8 Å². The lowest BCUT2D eigenvalue weighted by Crippen LogP contribution is -2.57. The van der Waals surface area contributed by atoms with Crippen molar-refractivity contribution in [2.24, 2.45) is 0 Å². The fraction of sp³-hybridized carbons (Fsp3) is 0.818. The first-order chi connectivity index (χ1) is 7.46. The molecule has 1 aromatic heterocycles. The van der Waals surface area contributed by atoms with Crippen molar-refractivity contribution < 1.29 is 4.39 Å². The van der Waals surface area contributed by atoms with Crippen LogP contribution in [0, 0.1) is 0 Å². The Hall–Kier alpha value is -0.970. The quantitative estimate of drug-likeness (QED) is 0.779. The van der Waals surface area contributed by atoms with E-state index >= 15 is 0 Å². The molecule has 1 fully saturated rings. The van der Waals surface area contributed by atoms with E-state index in [1.807, 2.05) is 0 Å². The number of hydrogen-bond donors (Lipinski definition) is 0. The van der Waals surface area contributed by atoms with Gasteiger partial charge in [-0.25, -0.2) is 4.39 Å². The van der Waals surface area contributed by atoms with Gasteiger partial charge in [0.1, 0.15) is 5.67 Å². The van der Waals surface area contributed by atoms with Crippen molar-refractivity contribution in [1.29, 1.82) is 0 Å². The molecule has 0 amide bonds. The zero-order chi connectivity index (χ0) is 11.8. The monoisotopic (exact) mass is 226 g/mol. The highest BCUT2D eigenvalue weighted by Crippen LogP contribution is 2.23. The second-order valence-electron chi connectivity index (χ2n) is 5.14. The zero-order valence-electron chi connectivity index (χ0n) is 10.1. The van der Waals surface area contributed by atoms with Crippen molar-refractivity contribution in [1.82, 2.24) is 19.9 Å². The van der Waals surface area contributed by atoms with E-state index in [9.17, 15) is 4.39 Å². The fourth-order valence-corrected chi connectivity index (χ4v) is 1.96. The number of hydrogen-bond acceptors (Lipinski definition) is 3. The lowest BCUT2D eigenvalue weighted by Gasteiger charge is -2.42. The Morgan fingerprint density at radius 1 is 1.44 bits per heavy atom. The van der Waals surface area contributed by atoms with Gasteiger partial charge in [-0.3, -0.25) is 4.90 Å². The molecule has 2 rings (SSSR count). The molecule has 1 aromatic rings. The number of aromatic nitrogens is 3. The molecule has 5 heteroatoms. The molecule has 0 aliphatic carbocycles. The summed E-state index contributed by atoms with van der Waals surface area (Å²) < 4.78 is 13.2. The fourth-order valence-electron chi connectivity index (χ4n) is 1.96. The van der Waals surface area contributed by atoms with Gasteiger partial charge in [0.15, 0.2) is 0 Å². The molecule has 4 nitrogen and oxygen atoms in total. The first kappa shape index (κ1) is 11.5. The van der Waals surface area contributed by atoms with Crippen molar-refractivity contribution in [3.05, 3.63) is 11.9 Å². The third-order valence-corrected chi connectivity index (χ3v) is 2.87. The standard InChI is InChI=1S/C11H19FN4/c1-9(2)10-6-13-16(14-10)5-4-15-7-11(3,12)8-15/h6,9H,4-5,7-8H2,1-3H3. The van der Waals surface area contributed by atoms with E-state index in [1.165, 1.54) is 0 Å². The van der Waals surface area contributed by atoms with Crippen LogP contribution in [-0.4, -0.2) is 45.2 Å². The Morgan fingerprint density at radius 2 is 2.12 bits per heavy atom. The predicted octanol–water partition coefficient (Wildman–Crippen LogP) is 1.45. The van der Waals surface area contributed by atoms with E-state index in [2.05, 4.69) is 28.9 Å². The number of rotatable bonds is 4. The van der Waals surface area contributed by atoms with Crippen molar-refractivity contribution in [2.75, 3.05) is 19.6 Å². The van der Waals surface area contributed by atoms with Crippen LogP contribution >= 0.6 is 0 Å². The minimum absolute atomic E-state index is 0.409. The molecule has 2 heterocycles. The summed E-state index contributed by atoms with van der Waals surface area (Å²) in [5.41, 5.74) is 0.0274. The maximum Gasteiger partial charge on any atom is 0.133 e. The molecule has 0 N–H and O–H groups in total. The van der Waals surface area contributed by atoms with Crippen LogP contribution in [0.1, 0.15) is 32.4 Å². The van der Waals surface area contributed by atoms with Crippen molar-refractivity contribution >= 4 is 0 Å². The van der Waals surface area contributed by atoms with Crippen LogP contribution in [0.3, 0.4) is 0 Å². The summed E-state index contributed by atoms with van der Waals surface area (Å²) in [5, 5.41) is 8.55. The topological polar surface area (TPSA) is 34.0 Å². The SMILES string of the molecule is CC(C)c1cnn(CCN2CC(C)(F)C2)n1. The van der Waals surface area contributed by atoms with Gasteiger partial charge in [0.05, 0.1) is 18.4 Å². The smallest absolute Gasteiger partial charge is 0.133 e. The van der Waals surface area contributed by atoms with Crippen LogP contribution in [0.25, 0.3) is 0 Å². The van der Waals surface area contributed by atoms with Crippen molar-refractivity contribution in [2.45, 2.75) is 38.9 Å². The summed E-state index contributed by atoms with van der Waals surface area (Å²) in [7, 11) is 0. The van der Waals surface area contributed by atoms with E-state index in [-0.39, 0.29) is 0 Å². The summed E-state index contributed by atoms with van der Waals surface area (Å²) in [6.45, 7) is 8.47. The lowest BCUT2D eigenvalue weighted by atomic mass is 9.99. The zero-order valence-corrected chi connectivity index (χ0v) is 10.1. The van der Waals surface area contributed by atoms with Gasteiger partial charge >= 0.3 is 0 Å². The van der Waals surface area contributed by atoms with Crippen LogP contribution in [0.2, 0.25) is 0 Å². The van der Waals surface area contributed by atoms with E-state index in [0.717, 1.165) is 18.8 Å². The minimum Gasteiger partial charge on any atom is -0.295 e. The number of likely N-dealkylation sites (tertiary alicyclic amines) is 1. The van der Waals surface area contributed by atoms with E-state index in [0.29, 0.717) is 19.0 Å². The van der Waals surface area contributed by atoms with E-state index in [1.54, 1.807) is 17.9 Å². The van der Waals surface area contributed by atoms with E-state index < -0.39 is 5.67 Å². The highest BCUT2D eigenvalue weighted by molar-refractivity contribution is 4.97. The average molecular weight is 226 g/mol. The van der Waals surface area contributed by atoms with Gasteiger partial charge in [0.25, 0.3) is 0 Å². The Balaban J connectivity index is 1.78. The third-order valence-electron chi connectivity index (χ3n) is 2.87. The Labute approximate surface area is 95.4 Å². The Bertz CT molecular complexity index is 351. The second kappa shape index (κ2) is 4.13. The van der Waals surface area contributed by atoms with Crippen molar-refractivity contribution in [3.63, 3.8) is 0 Å². The molecule has 0 bridgehead atoms. The van der Waals surface area contributed by atoms with Gasteiger partial charge < -0.3 is 0 Å². The summed E-state index contributed by atoms with van der Waals surface area (Å²) in [5.74, 6) is 0.409. The normalized spacial score (nSPS) is 20.1. The maximum absolute atomic E-state index is 13.2. The predicted molar refractivity (Wildman–Crippen MR) is 60.1 cm³/mol. The Kier molecular flexibility index (Phi) is 2.97. The van der Waals surface area contributed by atoms with Gasteiger partial charge in [-0.05, 0) is 12.8 Å². The van der Waals surface area contributed by atoms with Crippen LogP contribution in [0.5, 0.6) is 0 Å². The molecule has 1 aliphatic heterocycles. The highest BCUT2D eigenvalue weighted by atomic mass is 19.1. The molecule has 0 atom stereocenters. The molecular weight excluding hydrogens is 207 g/mol. The highest BCUT2D eigenvalue weighted by Gasteiger charge is 2.38. The molecular formula is C11H19FN4. The molecule has 16 heavy (non-hydrogen) atoms. The minimum atomic E-state index is -0.985. The summed E-state index contributed by atoms with van der Waals surface area (Å²) in [4.78, 5) is 3.78. The number of alkyl halides is 1. The lowest BCUT2D eigenvalue weighted by molar-refractivity contribution is -0.0199. The van der Waals surface area contributed by atoms with Gasteiger partial charge in [0, 0.05) is 19.6 Å². The summed E-state index contributed by atoms with van der Waals surface area (Å²) in [6, 6.07) is 0. The largest absolute Gasteiger partial charge is 0.295 e. The van der Waals surface area contributed by atoms with Gasteiger partial charge in [-0.15, -0.1) is 0 Å². The average Bonchev–Trinajstić information content (AvgIpc) is 2.59. The molecule has 1 aliphatic rings. The Morgan fingerprint density at radius 3 is 2.62 bits per heavy atom. The first-order valence-electron chi connectivity index (χ1n) is 5.77. The second-order valence-corrected chi connectivity index (χ2v) is 5.14. The molecule has 0 saturated carbocycles. The molecule has 90 valence electrons.